The van der Waals surface area contributed by atoms with Crippen LogP contribution in [-0.4, -0.2) is 26.1 Å². The van der Waals surface area contributed by atoms with Gasteiger partial charge in [-0.2, -0.15) is 4.98 Å². The van der Waals surface area contributed by atoms with Crippen LogP contribution in [0.2, 0.25) is 0 Å². The van der Waals surface area contributed by atoms with Gasteiger partial charge < -0.3 is 21.3 Å². The Morgan fingerprint density at radius 2 is 1.75 bits per heavy atom. The molecule has 1 amide bonds. The molecule has 0 aliphatic carbocycles. The second kappa shape index (κ2) is 8.45. The number of hydrogen-bond acceptors (Lipinski definition) is 6. The van der Waals surface area contributed by atoms with Crippen molar-refractivity contribution < 1.29 is 19.4 Å². The second-order valence-electron chi connectivity index (χ2n) is 6.19. The molecule has 3 aromatic rings. The lowest BCUT2D eigenvalue weighted by molar-refractivity contribution is 0.0941. The average Bonchev–Trinajstić information content (AvgIpc) is 2.70. The van der Waals surface area contributed by atoms with Gasteiger partial charge in [0.05, 0.1) is 0 Å². The molecule has 0 aliphatic rings. The molecule has 8 heteroatoms. The highest BCUT2D eigenvalue weighted by atomic mass is 19.1. The minimum absolute atomic E-state index is 0.0994. The van der Waals surface area contributed by atoms with Crippen molar-refractivity contribution in [2.24, 2.45) is 5.73 Å². The zero-order chi connectivity index (χ0) is 20.1. The molecule has 2 aromatic carbocycles. The first-order valence-corrected chi connectivity index (χ1v) is 8.56. The average molecular weight is 382 g/mol. The lowest BCUT2D eigenvalue weighted by Gasteiger charge is -2.13. The van der Waals surface area contributed by atoms with Gasteiger partial charge in [-0.15, -0.1) is 0 Å². The van der Waals surface area contributed by atoms with Crippen molar-refractivity contribution >= 4 is 5.91 Å². The van der Waals surface area contributed by atoms with E-state index in [1.165, 1.54) is 24.3 Å². The van der Waals surface area contributed by atoms with Crippen LogP contribution < -0.4 is 11.1 Å². The Hall–Kier alpha value is -3.52. The van der Waals surface area contributed by atoms with Crippen molar-refractivity contribution in [1.29, 1.82) is 0 Å². The SMILES string of the molecule is NC(Cc1nc(O)c(O)c(C(=O)NCc2ccc(F)cc2)n1)c1ccccc1. The fourth-order valence-corrected chi connectivity index (χ4v) is 2.62. The molecule has 0 saturated heterocycles. The Kier molecular flexibility index (Phi) is 5.81. The molecule has 0 radical (unpaired) electrons. The summed E-state index contributed by atoms with van der Waals surface area (Å²) in [7, 11) is 0. The van der Waals surface area contributed by atoms with Gasteiger partial charge in [-0.25, -0.2) is 9.37 Å². The normalized spacial score (nSPS) is 11.8. The topological polar surface area (TPSA) is 121 Å². The monoisotopic (exact) mass is 382 g/mol. The summed E-state index contributed by atoms with van der Waals surface area (Å²) in [5, 5.41) is 22.4. The first-order valence-electron chi connectivity index (χ1n) is 8.56. The summed E-state index contributed by atoms with van der Waals surface area (Å²) in [6.07, 6.45) is 0.163. The number of rotatable bonds is 6. The number of nitrogens with one attached hydrogen (secondary N) is 1. The highest BCUT2D eigenvalue weighted by Gasteiger charge is 2.20. The van der Waals surface area contributed by atoms with Gasteiger partial charge in [0.1, 0.15) is 11.6 Å². The minimum Gasteiger partial charge on any atom is -0.501 e. The summed E-state index contributed by atoms with van der Waals surface area (Å²) in [6.45, 7) is 0.0994. The lowest BCUT2D eigenvalue weighted by Crippen LogP contribution is -2.25. The quantitative estimate of drug-likeness (QED) is 0.519. The van der Waals surface area contributed by atoms with Crippen LogP contribution in [-0.2, 0) is 13.0 Å². The molecule has 1 aromatic heterocycles. The van der Waals surface area contributed by atoms with Crippen LogP contribution in [0.5, 0.6) is 11.6 Å². The summed E-state index contributed by atoms with van der Waals surface area (Å²) < 4.78 is 12.9. The molecule has 0 spiro atoms. The van der Waals surface area contributed by atoms with Crippen molar-refractivity contribution in [3.05, 3.63) is 83.1 Å². The van der Waals surface area contributed by atoms with E-state index in [9.17, 15) is 19.4 Å². The van der Waals surface area contributed by atoms with Crippen molar-refractivity contribution in [3.8, 4) is 11.6 Å². The highest BCUT2D eigenvalue weighted by molar-refractivity contribution is 5.95. The number of aromatic hydroxyl groups is 2. The molecule has 0 fully saturated rings. The summed E-state index contributed by atoms with van der Waals surface area (Å²) in [6, 6.07) is 14.4. The predicted octanol–water partition coefficient (Wildman–Crippen LogP) is 2.20. The maximum absolute atomic E-state index is 12.9. The van der Waals surface area contributed by atoms with Gasteiger partial charge in [0.2, 0.25) is 5.75 Å². The maximum Gasteiger partial charge on any atom is 0.274 e. The van der Waals surface area contributed by atoms with Crippen molar-refractivity contribution in [2.45, 2.75) is 19.0 Å². The molecular weight excluding hydrogens is 363 g/mol. The molecule has 0 aliphatic heterocycles. The summed E-state index contributed by atoms with van der Waals surface area (Å²) in [4.78, 5) is 20.2. The van der Waals surface area contributed by atoms with Crippen LogP contribution in [0.1, 0.15) is 33.5 Å². The van der Waals surface area contributed by atoms with Crippen LogP contribution in [0.15, 0.2) is 54.6 Å². The van der Waals surface area contributed by atoms with E-state index in [1.807, 2.05) is 30.3 Å². The lowest BCUT2D eigenvalue weighted by atomic mass is 10.0. The van der Waals surface area contributed by atoms with Gasteiger partial charge >= 0.3 is 0 Å². The fourth-order valence-electron chi connectivity index (χ4n) is 2.62. The Balaban J connectivity index is 1.75. The van der Waals surface area contributed by atoms with Gasteiger partial charge in [0.25, 0.3) is 11.8 Å². The summed E-state index contributed by atoms with van der Waals surface area (Å²) in [5.74, 6) is -2.37. The third kappa shape index (κ3) is 4.60. The number of carbonyl (C=O) groups is 1. The van der Waals surface area contributed by atoms with Crippen LogP contribution in [0.25, 0.3) is 0 Å². The third-order valence-electron chi connectivity index (χ3n) is 4.12. The highest BCUT2D eigenvalue weighted by Crippen LogP contribution is 2.26. The van der Waals surface area contributed by atoms with Crippen molar-refractivity contribution in [1.82, 2.24) is 15.3 Å². The van der Waals surface area contributed by atoms with E-state index < -0.39 is 23.6 Å². The fraction of sp³-hybridized carbons (Fsp3) is 0.150. The second-order valence-corrected chi connectivity index (χ2v) is 6.19. The van der Waals surface area contributed by atoms with E-state index in [2.05, 4.69) is 15.3 Å². The number of benzene rings is 2. The Morgan fingerprint density at radius 3 is 2.43 bits per heavy atom. The number of nitrogens with two attached hydrogens (primary N) is 1. The summed E-state index contributed by atoms with van der Waals surface area (Å²) in [5.41, 5.74) is 7.29. The summed E-state index contributed by atoms with van der Waals surface area (Å²) >= 11 is 0. The Labute approximate surface area is 160 Å². The molecule has 28 heavy (non-hydrogen) atoms. The number of aromatic nitrogens is 2. The molecule has 1 heterocycles. The number of hydrogen-bond donors (Lipinski definition) is 4. The van der Waals surface area contributed by atoms with Crippen LogP contribution in [0, 0.1) is 5.82 Å². The molecule has 0 bridgehead atoms. The van der Waals surface area contributed by atoms with Crippen LogP contribution in [0.4, 0.5) is 4.39 Å². The van der Waals surface area contributed by atoms with Crippen molar-refractivity contribution in [3.63, 3.8) is 0 Å². The molecule has 7 nitrogen and oxygen atoms in total. The van der Waals surface area contributed by atoms with Gasteiger partial charge in [0.15, 0.2) is 5.69 Å². The molecule has 1 unspecified atom stereocenters. The molecule has 5 N–H and O–H groups in total. The number of amides is 1. The van der Waals surface area contributed by atoms with Crippen LogP contribution >= 0.6 is 0 Å². The van der Waals surface area contributed by atoms with Crippen LogP contribution in [0.3, 0.4) is 0 Å². The predicted molar refractivity (Wildman–Crippen MR) is 100 cm³/mol. The largest absolute Gasteiger partial charge is 0.501 e. The molecule has 144 valence electrons. The molecular formula is C20H19FN4O3. The smallest absolute Gasteiger partial charge is 0.274 e. The number of carbonyl (C=O) groups excluding carboxylic acids is 1. The Bertz CT molecular complexity index is 965. The molecule has 0 saturated carbocycles. The minimum atomic E-state index is -0.714. The van der Waals surface area contributed by atoms with E-state index in [1.54, 1.807) is 0 Å². The zero-order valence-corrected chi connectivity index (χ0v) is 14.8. The maximum atomic E-state index is 12.9. The standard InChI is InChI=1S/C20H19FN4O3/c21-14-8-6-12(7-9-14)11-23-19(27)17-18(26)20(28)25-16(24-17)10-15(22)13-4-2-1-3-5-13/h1-9,15,26H,10-11,22H2,(H,23,27)(H,24,25,28). The van der Waals surface area contributed by atoms with E-state index >= 15 is 0 Å². The first kappa shape index (κ1) is 19.2. The van der Waals surface area contributed by atoms with Gasteiger partial charge in [-0.1, -0.05) is 42.5 Å². The number of nitrogens with zero attached hydrogens (tertiary/aromatic N) is 2. The van der Waals surface area contributed by atoms with E-state index in [-0.39, 0.29) is 30.3 Å². The van der Waals surface area contributed by atoms with Crippen molar-refractivity contribution in [2.75, 3.05) is 0 Å². The number of halogens is 1. The molecule has 3 rings (SSSR count). The first-order chi connectivity index (χ1) is 13.4. The van der Waals surface area contributed by atoms with Gasteiger partial charge in [0, 0.05) is 19.0 Å². The zero-order valence-electron chi connectivity index (χ0n) is 14.8. The Morgan fingerprint density at radius 1 is 1.07 bits per heavy atom. The van der Waals surface area contributed by atoms with E-state index in [0.29, 0.717) is 5.56 Å². The van der Waals surface area contributed by atoms with E-state index in [4.69, 9.17) is 5.73 Å². The van der Waals surface area contributed by atoms with Gasteiger partial charge in [-0.05, 0) is 23.3 Å². The van der Waals surface area contributed by atoms with Gasteiger partial charge in [-0.3, -0.25) is 4.79 Å². The molecule has 1 atom stereocenters. The van der Waals surface area contributed by atoms with E-state index in [0.717, 1.165) is 5.56 Å². The third-order valence-corrected chi connectivity index (χ3v) is 4.12.